The molecule has 0 saturated carbocycles. The van der Waals surface area contributed by atoms with E-state index in [9.17, 15) is 9.59 Å². The maximum atomic E-state index is 12.3. The number of carboxylic acids is 1. The lowest BCUT2D eigenvalue weighted by Crippen LogP contribution is -2.47. The van der Waals surface area contributed by atoms with Gasteiger partial charge >= 0.3 is 5.97 Å². The molecule has 0 radical (unpaired) electrons. The maximum absolute atomic E-state index is 12.3. The molecule has 1 aromatic carbocycles. The average Bonchev–Trinajstić information content (AvgIpc) is 2.46. The van der Waals surface area contributed by atoms with Gasteiger partial charge in [0, 0.05) is 18.1 Å². The fourth-order valence-electron chi connectivity index (χ4n) is 2.43. The predicted molar refractivity (Wildman–Crippen MR) is 78.5 cm³/mol. The minimum absolute atomic E-state index is 0.194. The summed E-state index contributed by atoms with van der Waals surface area (Å²) in [5.74, 6) is -1.01. The van der Waals surface area contributed by atoms with Gasteiger partial charge in [-0.25, -0.2) is 0 Å². The zero-order valence-electron chi connectivity index (χ0n) is 11.8. The number of carboxylic acid groups (broad SMARTS) is 1. The van der Waals surface area contributed by atoms with Crippen molar-refractivity contribution in [3.63, 3.8) is 0 Å². The second-order valence-corrected chi connectivity index (χ2v) is 5.62. The summed E-state index contributed by atoms with van der Waals surface area (Å²) in [6.07, 6.45) is 0.644. The number of carbonyl (C=O) groups excluding carboxylic acids is 1. The van der Waals surface area contributed by atoms with Crippen molar-refractivity contribution in [2.75, 3.05) is 13.1 Å². The Morgan fingerprint density at radius 3 is 2.90 bits per heavy atom. The smallest absolute Gasteiger partial charge is 0.308 e. The Hall–Kier alpha value is -1.75. The van der Waals surface area contributed by atoms with Gasteiger partial charge in [0.05, 0.1) is 5.92 Å². The third-order valence-corrected chi connectivity index (χ3v) is 3.77. The Morgan fingerprint density at radius 2 is 2.24 bits per heavy atom. The average molecular weight is 312 g/mol. The van der Waals surface area contributed by atoms with Gasteiger partial charge in [-0.15, -0.1) is 0 Å². The Kier molecular flexibility index (Phi) is 5.07. The fraction of sp³-hybridized carbons (Fsp3) is 0.467. The molecule has 1 aromatic rings. The number of nitrogens with zero attached hydrogens (tertiary/aromatic N) is 1. The summed E-state index contributed by atoms with van der Waals surface area (Å²) in [7, 11) is 0. The molecule has 6 heteroatoms. The van der Waals surface area contributed by atoms with Crippen LogP contribution >= 0.6 is 11.6 Å². The summed E-state index contributed by atoms with van der Waals surface area (Å²) in [5.41, 5.74) is 0. The lowest BCUT2D eigenvalue weighted by Gasteiger charge is -2.32. The van der Waals surface area contributed by atoms with Gasteiger partial charge < -0.3 is 14.7 Å². The van der Waals surface area contributed by atoms with Crippen LogP contribution in [0.4, 0.5) is 0 Å². The number of likely N-dealkylation sites (tertiary alicyclic amines) is 1. The van der Waals surface area contributed by atoms with Crippen molar-refractivity contribution in [2.24, 2.45) is 5.92 Å². The van der Waals surface area contributed by atoms with E-state index in [2.05, 4.69) is 0 Å². The van der Waals surface area contributed by atoms with Crippen molar-refractivity contribution in [3.8, 4) is 5.75 Å². The number of benzene rings is 1. The Bertz CT molecular complexity index is 534. The standard InChI is InChI=1S/C15H18ClNO4/c1-10(21-13-6-2-5-12(16)8-13)14(18)17-7-3-4-11(9-17)15(19)20/h2,5-6,8,10-11H,3-4,7,9H2,1H3,(H,19,20)/t10-,11+/m0/s1. The predicted octanol–water partition coefficient (Wildman–Crippen LogP) is 2.43. The number of hydrogen-bond acceptors (Lipinski definition) is 3. The van der Waals surface area contributed by atoms with E-state index in [0.717, 1.165) is 0 Å². The van der Waals surface area contributed by atoms with Gasteiger partial charge in [-0.3, -0.25) is 9.59 Å². The number of ether oxygens (including phenoxy) is 1. The SMILES string of the molecule is C[C@H](Oc1cccc(Cl)c1)C(=O)N1CCC[C@@H](C(=O)O)C1. The summed E-state index contributed by atoms with van der Waals surface area (Å²) >= 11 is 5.87. The zero-order valence-corrected chi connectivity index (χ0v) is 12.5. The van der Waals surface area contributed by atoms with Crippen LogP contribution in [0.2, 0.25) is 5.02 Å². The van der Waals surface area contributed by atoms with E-state index in [-0.39, 0.29) is 12.5 Å². The zero-order chi connectivity index (χ0) is 15.4. The number of halogens is 1. The summed E-state index contributed by atoms with van der Waals surface area (Å²) < 4.78 is 5.58. The monoisotopic (exact) mass is 311 g/mol. The summed E-state index contributed by atoms with van der Waals surface area (Å²) in [4.78, 5) is 24.9. The van der Waals surface area contributed by atoms with Crippen LogP contribution in [0.1, 0.15) is 19.8 Å². The van der Waals surface area contributed by atoms with E-state index in [1.807, 2.05) is 0 Å². The molecule has 21 heavy (non-hydrogen) atoms. The highest BCUT2D eigenvalue weighted by atomic mass is 35.5. The minimum Gasteiger partial charge on any atom is -0.481 e. The van der Waals surface area contributed by atoms with Gasteiger partial charge in [0.1, 0.15) is 5.75 Å². The number of carbonyl (C=O) groups is 2. The van der Waals surface area contributed by atoms with Gasteiger partial charge in [0.2, 0.25) is 0 Å². The van der Waals surface area contributed by atoms with Crippen molar-refractivity contribution >= 4 is 23.5 Å². The first-order chi connectivity index (χ1) is 9.97. The van der Waals surface area contributed by atoms with E-state index in [1.54, 1.807) is 36.1 Å². The van der Waals surface area contributed by atoms with Crippen LogP contribution in [0, 0.1) is 5.92 Å². The number of amides is 1. The van der Waals surface area contributed by atoms with E-state index in [1.165, 1.54) is 0 Å². The van der Waals surface area contributed by atoms with Crippen LogP contribution in [0.5, 0.6) is 5.75 Å². The molecular formula is C15H18ClNO4. The summed E-state index contributed by atoms with van der Waals surface area (Å²) in [6, 6.07) is 6.84. The molecule has 0 spiro atoms. The first kappa shape index (κ1) is 15.6. The molecule has 1 fully saturated rings. The van der Waals surface area contributed by atoms with Crippen LogP contribution in [0.3, 0.4) is 0 Å². The molecule has 1 heterocycles. The molecule has 0 aromatic heterocycles. The van der Waals surface area contributed by atoms with Crippen LogP contribution in [-0.4, -0.2) is 41.1 Å². The van der Waals surface area contributed by atoms with E-state index >= 15 is 0 Å². The second kappa shape index (κ2) is 6.80. The molecule has 114 valence electrons. The van der Waals surface area contributed by atoms with Crippen molar-refractivity contribution in [3.05, 3.63) is 29.3 Å². The Morgan fingerprint density at radius 1 is 1.48 bits per heavy atom. The maximum Gasteiger partial charge on any atom is 0.308 e. The third kappa shape index (κ3) is 4.11. The first-order valence-electron chi connectivity index (χ1n) is 6.91. The van der Waals surface area contributed by atoms with Crippen LogP contribution in [-0.2, 0) is 9.59 Å². The van der Waals surface area contributed by atoms with E-state index < -0.39 is 18.0 Å². The fourth-order valence-corrected chi connectivity index (χ4v) is 2.61. The van der Waals surface area contributed by atoms with Gasteiger partial charge in [-0.1, -0.05) is 17.7 Å². The molecule has 5 nitrogen and oxygen atoms in total. The quantitative estimate of drug-likeness (QED) is 0.927. The summed E-state index contributed by atoms with van der Waals surface area (Å²) in [6.45, 7) is 2.48. The molecule has 1 amide bonds. The van der Waals surface area contributed by atoms with Crippen molar-refractivity contribution in [2.45, 2.75) is 25.9 Å². The highest BCUT2D eigenvalue weighted by Gasteiger charge is 2.30. The van der Waals surface area contributed by atoms with Crippen molar-refractivity contribution in [1.82, 2.24) is 4.90 Å². The number of piperidine rings is 1. The van der Waals surface area contributed by atoms with Gasteiger partial charge in [-0.2, -0.15) is 0 Å². The largest absolute Gasteiger partial charge is 0.481 e. The number of rotatable bonds is 4. The van der Waals surface area contributed by atoms with E-state index in [0.29, 0.717) is 30.2 Å². The van der Waals surface area contributed by atoms with Gasteiger partial charge in [0.15, 0.2) is 6.10 Å². The molecule has 0 unspecified atom stereocenters. The lowest BCUT2D eigenvalue weighted by molar-refractivity contribution is -0.147. The molecule has 2 atom stereocenters. The second-order valence-electron chi connectivity index (χ2n) is 5.18. The molecule has 1 aliphatic rings. The normalized spacial score (nSPS) is 19.9. The molecule has 2 rings (SSSR count). The molecule has 1 N–H and O–H groups in total. The molecule has 1 saturated heterocycles. The lowest BCUT2D eigenvalue weighted by atomic mass is 9.98. The Labute approximate surface area is 128 Å². The molecule has 1 aliphatic heterocycles. The number of hydrogen-bond donors (Lipinski definition) is 1. The highest BCUT2D eigenvalue weighted by molar-refractivity contribution is 6.30. The van der Waals surface area contributed by atoms with E-state index in [4.69, 9.17) is 21.4 Å². The highest BCUT2D eigenvalue weighted by Crippen LogP contribution is 2.21. The first-order valence-corrected chi connectivity index (χ1v) is 7.29. The van der Waals surface area contributed by atoms with Crippen molar-refractivity contribution in [1.29, 1.82) is 0 Å². The van der Waals surface area contributed by atoms with Crippen LogP contribution in [0.15, 0.2) is 24.3 Å². The minimum atomic E-state index is -0.851. The molecule has 0 bridgehead atoms. The van der Waals surface area contributed by atoms with Gasteiger partial charge in [-0.05, 0) is 38.0 Å². The molecule has 0 aliphatic carbocycles. The molecular weight excluding hydrogens is 294 g/mol. The number of aliphatic carboxylic acids is 1. The van der Waals surface area contributed by atoms with Crippen LogP contribution in [0.25, 0.3) is 0 Å². The van der Waals surface area contributed by atoms with Crippen LogP contribution < -0.4 is 4.74 Å². The third-order valence-electron chi connectivity index (χ3n) is 3.54. The van der Waals surface area contributed by atoms with Crippen molar-refractivity contribution < 1.29 is 19.4 Å². The Balaban J connectivity index is 1.97. The van der Waals surface area contributed by atoms with Gasteiger partial charge in [0.25, 0.3) is 5.91 Å². The summed E-state index contributed by atoms with van der Waals surface area (Å²) in [5, 5.41) is 9.60. The topological polar surface area (TPSA) is 66.8 Å².